The van der Waals surface area contributed by atoms with E-state index in [2.05, 4.69) is 0 Å². The quantitative estimate of drug-likeness (QED) is 0.801. The molecule has 0 spiro atoms. The van der Waals surface area contributed by atoms with Crippen LogP contribution in [0.15, 0.2) is 60.7 Å². The third kappa shape index (κ3) is 3.68. The maximum Gasteiger partial charge on any atom is 0.225 e. The summed E-state index contributed by atoms with van der Waals surface area (Å²) in [5, 5.41) is 0. The van der Waals surface area contributed by atoms with Gasteiger partial charge in [0.1, 0.15) is 12.5 Å². The van der Waals surface area contributed by atoms with Crippen LogP contribution >= 0.6 is 0 Å². The largest absolute Gasteiger partial charge is 0.324 e. The Morgan fingerprint density at radius 1 is 0.714 bits per heavy atom. The second kappa shape index (κ2) is 6.83. The molecule has 0 fully saturated rings. The molecule has 0 aromatic heterocycles. The molecule has 4 N–H and O–H groups in total. The normalized spacial score (nSPS) is 14.7. The molecule has 2 aromatic carbocycles. The highest BCUT2D eigenvalue weighted by Gasteiger charge is 2.39. The van der Waals surface area contributed by atoms with Gasteiger partial charge in [-0.2, -0.15) is 0 Å². The summed E-state index contributed by atoms with van der Waals surface area (Å²) in [5.41, 5.74) is 13.5. The molecule has 4 nitrogen and oxygen atoms in total. The summed E-state index contributed by atoms with van der Waals surface area (Å²) in [5.74, 6) is -1.12. The van der Waals surface area contributed by atoms with E-state index in [9.17, 15) is 0 Å². The summed E-state index contributed by atoms with van der Waals surface area (Å²) in [6, 6.07) is 19.4. The first-order valence-corrected chi connectivity index (χ1v) is 7.02. The average Bonchev–Trinajstić information content (AvgIpc) is 2.47. The van der Waals surface area contributed by atoms with E-state index in [1.54, 1.807) is 13.8 Å². The minimum Gasteiger partial charge on any atom is -0.324 e. The summed E-state index contributed by atoms with van der Waals surface area (Å²) in [7, 11) is 0. The monoisotopic (exact) mass is 286 g/mol. The van der Waals surface area contributed by atoms with Crippen LogP contribution in [0.5, 0.6) is 0 Å². The maximum atomic E-state index is 6.00. The molecule has 2 aromatic rings. The summed E-state index contributed by atoms with van der Waals surface area (Å²) in [6.07, 6.45) is -1.02. The van der Waals surface area contributed by atoms with Crippen LogP contribution in [0.2, 0.25) is 0 Å². The molecule has 21 heavy (non-hydrogen) atoms. The Bertz CT molecular complexity index is 490. The predicted octanol–water partition coefficient (Wildman–Crippen LogP) is 2.53. The number of nitrogens with two attached hydrogens (primary N) is 2. The van der Waals surface area contributed by atoms with E-state index in [1.807, 2.05) is 60.7 Å². The zero-order chi connectivity index (χ0) is 15.3. The molecule has 0 saturated carbocycles. The van der Waals surface area contributed by atoms with Gasteiger partial charge in [0.15, 0.2) is 0 Å². The first-order chi connectivity index (χ1) is 10.0. The topological polar surface area (TPSA) is 70.5 Å². The maximum absolute atomic E-state index is 6.00. The fourth-order valence-corrected chi connectivity index (χ4v) is 2.31. The van der Waals surface area contributed by atoms with Crippen molar-refractivity contribution in [2.45, 2.75) is 32.1 Å². The Morgan fingerprint density at radius 2 is 1.05 bits per heavy atom. The van der Waals surface area contributed by atoms with E-state index < -0.39 is 18.2 Å². The van der Waals surface area contributed by atoms with Gasteiger partial charge in [0.2, 0.25) is 5.79 Å². The molecule has 0 amide bonds. The van der Waals surface area contributed by atoms with Crippen molar-refractivity contribution in [3.8, 4) is 0 Å². The molecule has 0 unspecified atom stereocenters. The summed E-state index contributed by atoms with van der Waals surface area (Å²) in [6.45, 7) is 3.54. The van der Waals surface area contributed by atoms with Gasteiger partial charge in [-0.15, -0.1) is 0 Å². The molecular formula is C17H22N2O2. The van der Waals surface area contributed by atoms with Crippen LogP contribution in [-0.4, -0.2) is 12.5 Å². The third-order valence-electron chi connectivity index (χ3n) is 3.01. The Labute approximate surface area is 125 Å². The molecular weight excluding hydrogens is 264 g/mol. The predicted molar refractivity (Wildman–Crippen MR) is 83.1 cm³/mol. The van der Waals surface area contributed by atoms with Gasteiger partial charge in [0.05, 0.1) is 0 Å². The van der Waals surface area contributed by atoms with E-state index in [0.29, 0.717) is 0 Å². The lowest BCUT2D eigenvalue weighted by Crippen LogP contribution is -2.44. The molecule has 112 valence electrons. The molecule has 0 radical (unpaired) electrons. The van der Waals surface area contributed by atoms with Gasteiger partial charge in [0.25, 0.3) is 0 Å². The third-order valence-corrected chi connectivity index (χ3v) is 3.01. The zero-order valence-electron chi connectivity index (χ0n) is 12.4. The number of hydrogen-bond acceptors (Lipinski definition) is 4. The Balaban J connectivity index is 2.59. The van der Waals surface area contributed by atoms with Gasteiger partial charge in [-0.05, 0) is 13.8 Å². The lowest BCUT2D eigenvalue weighted by Gasteiger charge is -2.37. The number of benzene rings is 2. The van der Waals surface area contributed by atoms with Crippen molar-refractivity contribution in [1.82, 2.24) is 0 Å². The smallest absolute Gasteiger partial charge is 0.225 e. The molecule has 2 rings (SSSR count). The summed E-state index contributed by atoms with van der Waals surface area (Å²) < 4.78 is 12.0. The zero-order valence-corrected chi connectivity index (χ0v) is 12.4. The lowest BCUT2D eigenvalue weighted by molar-refractivity contribution is -0.255. The van der Waals surface area contributed by atoms with Crippen LogP contribution in [-0.2, 0) is 15.3 Å². The molecule has 0 heterocycles. The number of hydrogen-bond donors (Lipinski definition) is 2. The lowest BCUT2D eigenvalue weighted by atomic mass is 9.96. The molecule has 0 bridgehead atoms. The SMILES string of the molecule is C[C@H](N)OC(O[C@H](C)N)(c1ccccc1)c1ccccc1. The summed E-state index contributed by atoms with van der Waals surface area (Å²) in [4.78, 5) is 0. The molecule has 0 aliphatic rings. The molecule has 2 atom stereocenters. The second-order valence-electron chi connectivity index (χ2n) is 4.99. The minimum absolute atomic E-state index is 0.510. The molecule has 4 heteroatoms. The van der Waals surface area contributed by atoms with Gasteiger partial charge in [-0.3, -0.25) is 0 Å². The van der Waals surface area contributed by atoms with Crippen LogP contribution in [0, 0.1) is 0 Å². The van der Waals surface area contributed by atoms with Crippen molar-refractivity contribution < 1.29 is 9.47 Å². The van der Waals surface area contributed by atoms with Gasteiger partial charge >= 0.3 is 0 Å². The van der Waals surface area contributed by atoms with Crippen LogP contribution < -0.4 is 11.5 Å². The highest BCUT2D eigenvalue weighted by molar-refractivity contribution is 5.34. The second-order valence-corrected chi connectivity index (χ2v) is 4.99. The van der Waals surface area contributed by atoms with Crippen LogP contribution in [0.4, 0.5) is 0 Å². The van der Waals surface area contributed by atoms with Gasteiger partial charge < -0.3 is 20.9 Å². The van der Waals surface area contributed by atoms with Crippen molar-refractivity contribution in [2.24, 2.45) is 11.5 Å². The van der Waals surface area contributed by atoms with Crippen LogP contribution in [0.3, 0.4) is 0 Å². The first kappa shape index (κ1) is 15.7. The highest BCUT2D eigenvalue weighted by Crippen LogP contribution is 2.36. The van der Waals surface area contributed by atoms with Crippen molar-refractivity contribution >= 4 is 0 Å². The number of ether oxygens (including phenoxy) is 2. The Kier molecular flexibility index (Phi) is 5.09. The minimum atomic E-state index is -1.12. The molecule has 0 aliphatic carbocycles. The van der Waals surface area contributed by atoms with Crippen molar-refractivity contribution in [1.29, 1.82) is 0 Å². The fourth-order valence-electron chi connectivity index (χ4n) is 2.31. The standard InChI is InChI=1S/C17H22N2O2/c1-13(18)20-17(21-14(2)19,15-9-5-3-6-10-15)16-11-7-4-8-12-16/h3-14H,18-19H2,1-2H3/t13-,14-/m1/s1. The highest BCUT2D eigenvalue weighted by atomic mass is 16.7. The molecule has 0 aliphatic heterocycles. The van der Waals surface area contributed by atoms with Crippen LogP contribution in [0.25, 0.3) is 0 Å². The van der Waals surface area contributed by atoms with E-state index in [-0.39, 0.29) is 0 Å². The van der Waals surface area contributed by atoms with E-state index in [0.717, 1.165) is 11.1 Å². The average molecular weight is 286 g/mol. The Hall–Kier alpha value is -1.72. The van der Waals surface area contributed by atoms with Crippen LogP contribution in [0.1, 0.15) is 25.0 Å². The van der Waals surface area contributed by atoms with E-state index in [4.69, 9.17) is 20.9 Å². The van der Waals surface area contributed by atoms with Crippen molar-refractivity contribution in [3.63, 3.8) is 0 Å². The van der Waals surface area contributed by atoms with Gasteiger partial charge in [-0.25, -0.2) is 0 Å². The first-order valence-electron chi connectivity index (χ1n) is 7.02. The van der Waals surface area contributed by atoms with E-state index in [1.165, 1.54) is 0 Å². The van der Waals surface area contributed by atoms with Gasteiger partial charge in [-0.1, -0.05) is 60.7 Å². The molecule has 0 saturated heterocycles. The number of rotatable bonds is 6. The van der Waals surface area contributed by atoms with Gasteiger partial charge in [0, 0.05) is 11.1 Å². The summed E-state index contributed by atoms with van der Waals surface area (Å²) >= 11 is 0. The van der Waals surface area contributed by atoms with E-state index >= 15 is 0 Å². The fraction of sp³-hybridized carbons (Fsp3) is 0.294. The Morgan fingerprint density at radius 3 is 1.33 bits per heavy atom. The van der Waals surface area contributed by atoms with Crippen molar-refractivity contribution in [3.05, 3.63) is 71.8 Å². The van der Waals surface area contributed by atoms with Crippen molar-refractivity contribution in [2.75, 3.05) is 0 Å².